The highest BCUT2D eigenvalue weighted by molar-refractivity contribution is 5.93. The normalized spacial score (nSPS) is 10.7. The molecule has 0 saturated carbocycles. The number of furan rings is 1. The fraction of sp³-hybridized carbons (Fsp3) is 0. The maximum Gasteiger partial charge on any atom is 0.248 e. The number of rotatable bonds is 4. The molecule has 6 nitrogen and oxygen atoms in total. The van der Waals surface area contributed by atoms with E-state index in [4.69, 9.17) is 10.2 Å². The number of amides is 1. The van der Waals surface area contributed by atoms with E-state index in [9.17, 15) is 4.79 Å². The first kappa shape index (κ1) is 14.9. The number of primary amides is 1. The van der Waals surface area contributed by atoms with Crippen LogP contribution >= 0.6 is 0 Å². The van der Waals surface area contributed by atoms with E-state index >= 15 is 0 Å². The van der Waals surface area contributed by atoms with Gasteiger partial charge in [-0.3, -0.25) is 4.79 Å². The molecule has 2 aromatic heterocycles. The molecule has 6 heteroatoms. The molecule has 0 aliphatic heterocycles. The maximum atomic E-state index is 11.1. The highest BCUT2D eigenvalue weighted by atomic mass is 16.3. The molecule has 0 aliphatic rings. The number of nitrogens with two attached hydrogens (primary N) is 1. The summed E-state index contributed by atoms with van der Waals surface area (Å²) >= 11 is 0. The fourth-order valence-corrected chi connectivity index (χ4v) is 2.51. The van der Waals surface area contributed by atoms with Crippen molar-refractivity contribution in [3.05, 3.63) is 72.4 Å². The monoisotopic (exact) mass is 330 g/mol. The Labute approximate surface area is 143 Å². The lowest BCUT2D eigenvalue weighted by Crippen LogP contribution is -2.10. The van der Waals surface area contributed by atoms with Crippen molar-refractivity contribution >= 4 is 28.5 Å². The summed E-state index contributed by atoms with van der Waals surface area (Å²) < 4.78 is 5.83. The van der Waals surface area contributed by atoms with Crippen molar-refractivity contribution in [2.24, 2.45) is 5.73 Å². The van der Waals surface area contributed by atoms with E-state index in [1.54, 1.807) is 36.5 Å². The second-order valence-corrected chi connectivity index (χ2v) is 5.48. The summed E-state index contributed by atoms with van der Waals surface area (Å²) in [7, 11) is 0. The number of fused-ring (bicyclic) bond motifs is 1. The maximum absolute atomic E-state index is 11.1. The van der Waals surface area contributed by atoms with Crippen molar-refractivity contribution in [1.29, 1.82) is 0 Å². The zero-order valence-corrected chi connectivity index (χ0v) is 13.1. The predicted octanol–water partition coefficient (Wildman–Crippen LogP) is 3.73. The molecule has 0 unspecified atom stereocenters. The van der Waals surface area contributed by atoms with Crippen molar-refractivity contribution in [3.8, 4) is 11.5 Å². The van der Waals surface area contributed by atoms with Crippen LogP contribution in [0.1, 0.15) is 10.4 Å². The Morgan fingerprint density at radius 1 is 1.04 bits per heavy atom. The van der Waals surface area contributed by atoms with Crippen molar-refractivity contribution < 1.29 is 9.21 Å². The summed E-state index contributed by atoms with van der Waals surface area (Å²) in [4.78, 5) is 19.8. The van der Waals surface area contributed by atoms with Crippen LogP contribution in [-0.4, -0.2) is 15.9 Å². The first-order valence-electron chi connectivity index (χ1n) is 7.68. The third kappa shape index (κ3) is 3.05. The molecular weight excluding hydrogens is 316 g/mol. The largest absolute Gasteiger partial charge is 0.454 e. The molecule has 2 aromatic carbocycles. The predicted molar refractivity (Wildman–Crippen MR) is 95.5 cm³/mol. The van der Waals surface area contributed by atoms with E-state index in [2.05, 4.69) is 15.3 Å². The Kier molecular flexibility index (Phi) is 3.63. The number of para-hydroxylation sites is 1. The molecule has 0 saturated heterocycles. The lowest BCUT2D eigenvalue weighted by Gasteiger charge is -2.06. The standard InChI is InChI=1S/C19H14N4O2/c20-18(24)12-5-7-14(8-6-12)22-19-21-10-9-15(23-19)17-11-13-3-1-2-4-16(13)25-17/h1-11H,(H2,20,24)(H,21,22,23). The van der Waals surface area contributed by atoms with Crippen molar-refractivity contribution in [3.63, 3.8) is 0 Å². The number of nitrogens with one attached hydrogen (secondary N) is 1. The smallest absolute Gasteiger partial charge is 0.248 e. The molecule has 2 heterocycles. The van der Waals surface area contributed by atoms with Gasteiger partial charge in [-0.2, -0.15) is 0 Å². The molecule has 0 spiro atoms. The summed E-state index contributed by atoms with van der Waals surface area (Å²) in [6.07, 6.45) is 1.66. The Hall–Kier alpha value is -3.67. The van der Waals surface area contributed by atoms with Gasteiger partial charge in [0.1, 0.15) is 11.3 Å². The molecule has 0 atom stereocenters. The summed E-state index contributed by atoms with van der Waals surface area (Å²) in [5.41, 5.74) is 7.94. The summed E-state index contributed by atoms with van der Waals surface area (Å²) in [6, 6.07) is 18.3. The zero-order chi connectivity index (χ0) is 17.2. The third-order valence-corrected chi connectivity index (χ3v) is 3.76. The summed E-state index contributed by atoms with van der Waals surface area (Å²) in [5, 5.41) is 4.12. The molecule has 122 valence electrons. The highest BCUT2D eigenvalue weighted by Gasteiger charge is 2.09. The van der Waals surface area contributed by atoms with Crippen molar-refractivity contribution in [2.45, 2.75) is 0 Å². The highest BCUT2D eigenvalue weighted by Crippen LogP contribution is 2.27. The molecule has 0 aliphatic carbocycles. The lowest BCUT2D eigenvalue weighted by atomic mass is 10.2. The van der Waals surface area contributed by atoms with Crippen LogP contribution in [0, 0.1) is 0 Å². The molecule has 1 amide bonds. The van der Waals surface area contributed by atoms with Crippen LogP contribution in [0.25, 0.3) is 22.4 Å². The molecule has 4 rings (SSSR count). The minimum atomic E-state index is -0.463. The van der Waals surface area contributed by atoms with E-state index in [1.807, 2.05) is 30.3 Å². The SMILES string of the molecule is NC(=O)c1ccc(Nc2nccc(-c3cc4ccccc4o3)n2)cc1. The van der Waals surface area contributed by atoms with Gasteiger partial charge < -0.3 is 15.5 Å². The molecule has 25 heavy (non-hydrogen) atoms. The molecule has 3 N–H and O–H groups in total. The average Bonchev–Trinajstić information content (AvgIpc) is 3.07. The Bertz CT molecular complexity index is 1020. The van der Waals surface area contributed by atoms with Gasteiger partial charge in [-0.25, -0.2) is 9.97 Å². The van der Waals surface area contributed by atoms with Gasteiger partial charge >= 0.3 is 0 Å². The number of carbonyl (C=O) groups excluding carboxylic acids is 1. The van der Waals surface area contributed by atoms with E-state index in [0.717, 1.165) is 16.7 Å². The van der Waals surface area contributed by atoms with Gasteiger partial charge in [0.05, 0.1) is 0 Å². The number of hydrogen-bond acceptors (Lipinski definition) is 5. The quantitative estimate of drug-likeness (QED) is 0.594. The lowest BCUT2D eigenvalue weighted by molar-refractivity contribution is 0.100. The number of benzene rings is 2. The van der Waals surface area contributed by atoms with Gasteiger partial charge in [0.15, 0.2) is 5.76 Å². The van der Waals surface area contributed by atoms with Gasteiger partial charge in [0.2, 0.25) is 11.9 Å². The Balaban J connectivity index is 1.61. The van der Waals surface area contributed by atoms with E-state index < -0.39 is 5.91 Å². The number of carbonyl (C=O) groups is 1. The number of hydrogen-bond donors (Lipinski definition) is 2. The van der Waals surface area contributed by atoms with E-state index in [-0.39, 0.29) is 0 Å². The molecule has 4 aromatic rings. The number of anilines is 2. The van der Waals surface area contributed by atoms with Crippen LogP contribution in [0.2, 0.25) is 0 Å². The van der Waals surface area contributed by atoms with Gasteiger partial charge in [-0.05, 0) is 42.5 Å². The van der Waals surface area contributed by atoms with Crippen LogP contribution in [0.4, 0.5) is 11.6 Å². The van der Waals surface area contributed by atoms with Crippen molar-refractivity contribution in [2.75, 3.05) is 5.32 Å². The van der Waals surface area contributed by atoms with Crippen molar-refractivity contribution in [1.82, 2.24) is 9.97 Å². The second-order valence-electron chi connectivity index (χ2n) is 5.48. The Morgan fingerprint density at radius 3 is 2.60 bits per heavy atom. The average molecular weight is 330 g/mol. The number of nitrogens with zero attached hydrogens (tertiary/aromatic N) is 2. The molecule has 0 bridgehead atoms. The van der Waals surface area contributed by atoms with Crippen LogP contribution in [0.5, 0.6) is 0 Å². The van der Waals surface area contributed by atoms with E-state index in [0.29, 0.717) is 23.0 Å². The van der Waals surface area contributed by atoms with Gasteiger partial charge in [0, 0.05) is 22.8 Å². The van der Waals surface area contributed by atoms with Crippen LogP contribution < -0.4 is 11.1 Å². The topological polar surface area (TPSA) is 94.0 Å². The minimum absolute atomic E-state index is 0.435. The first-order valence-corrected chi connectivity index (χ1v) is 7.68. The fourth-order valence-electron chi connectivity index (χ4n) is 2.51. The zero-order valence-electron chi connectivity index (χ0n) is 13.1. The minimum Gasteiger partial charge on any atom is -0.454 e. The first-order chi connectivity index (χ1) is 12.2. The third-order valence-electron chi connectivity index (χ3n) is 3.76. The Morgan fingerprint density at radius 2 is 1.84 bits per heavy atom. The van der Waals surface area contributed by atoms with Gasteiger partial charge in [-0.1, -0.05) is 18.2 Å². The molecule has 0 radical (unpaired) electrons. The van der Waals surface area contributed by atoms with E-state index in [1.165, 1.54) is 0 Å². The summed E-state index contributed by atoms with van der Waals surface area (Å²) in [6.45, 7) is 0. The van der Waals surface area contributed by atoms with Crippen LogP contribution in [0.3, 0.4) is 0 Å². The molecule has 0 fully saturated rings. The van der Waals surface area contributed by atoms with Crippen LogP contribution in [0.15, 0.2) is 71.3 Å². The molecular formula is C19H14N4O2. The van der Waals surface area contributed by atoms with Crippen LogP contribution in [-0.2, 0) is 0 Å². The van der Waals surface area contributed by atoms with Gasteiger partial charge in [0.25, 0.3) is 0 Å². The van der Waals surface area contributed by atoms with Gasteiger partial charge in [-0.15, -0.1) is 0 Å². The second kappa shape index (κ2) is 6.09. The summed E-state index contributed by atoms with van der Waals surface area (Å²) in [5.74, 6) is 0.648. The number of aromatic nitrogens is 2.